The molecule has 25 heavy (non-hydrogen) atoms. The number of carbonyl (C=O) groups is 3. The Morgan fingerprint density at radius 2 is 2.20 bits per heavy atom. The van der Waals surface area contributed by atoms with Gasteiger partial charge in [0, 0.05) is 24.9 Å². The van der Waals surface area contributed by atoms with Gasteiger partial charge >= 0.3 is 5.97 Å². The maximum atomic E-state index is 12.5. The Hall–Kier alpha value is -2.26. The molecule has 0 aliphatic carbocycles. The lowest BCUT2D eigenvalue weighted by Crippen LogP contribution is -2.46. The fourth-order valence-electron chi connectivity index (χ4n) is 2.76. The van der Waals surface area contributed by atoms with E-state index in [9.17, 15) is 14.4 Å². The van der Waals surface area contributed by atoms with Gasteiger partial charge in [0.1, 0.15) is 6.04 Å². The molecule has 0 bridgehead atoms. The van der Waals surface area contributed by atoms with Gasteiger partial charge in [-0.15, -0.1) is 22.7 Å². The van der Waals surface area contributed by atoms with E-state index in [-0.39, 0.29) is 17.5 Å². The summed E-state index contributed by atoms with van der Waals surface area (Å²) in [6.45, 7) is 0.951. The lowest BCUT2D eigenvalue weighted by atomic mass is 10.2. The van der Waals surface area contributed by atoms with Gasteiger partial charge in [-0.25, -0.2) is 9.78 Å². The molecule has 2 amide bonds. The Morgan fingerprint density at radius 3 is 2.88 bits per heavy atom. The van der Waals surface area contributed by atoms with Crippen LogP contribution in [0.25, 0.3) is 0 Å². The molecule has 132 valence electrons. The third kappa shape index (κ3) is 4.05. The normalized spacial score (nSPS) is 16.8. The summed E-state index contributed by atoms with van der Waals surface area (Å²) in [7, 11) is 0. The molecule has 0 radical (unpaired) electrons. The molecule has 7 nitrogen and oxygen atoms in total. The summed E-state index contributed by atoms with van der Waals surface area (Å²) in [6, 6.07) is 3.14. The molecule has 1 saturated heterocycles. The summed E-state index contributed by atoms with van der Waals surface area (Å²) >= 11 is 2.63. The molecule has 0 aromatic carbocycles. The zero-order valence-corrected chi connectivity index (χ0v) is 14.9. The molecule has 3 heterocycles. The van der Waals surface area contributed by atoms with Crippen LogP contribution in [0.3, 0.4) is 0 Å². The second-order valence-corrected chi connectivity index (χ2v) is 7.50. The Labute approximate surface area is 152 Å². The van der Waals surface area contributed by atoms with E-state index in [1.165, 1.54) is 28.1 Å². The molecule has 9 heteroatoms. The fourth-order valence-corrected chi connectivity index (χ4v) is 4.21. The summed E-state index contributed by atoms with van der Waals surface area (Å²) in [5.41, 5.74) is 0.0230. The maximum Gasteiger partial charge on any atom is 0.355 e. The predicted octanol–water partition coefficient (Wildman–Crippen LogP) is 1.87. The number of likely N-dealkylation sites (tertiary alicyclic amines) is 1. The molecule has 1 unspecified atom stereocenters. The van der Waals surface area contributed by atoms with Gasteiger partial charge in [0.2, 0.25) is 5.91 Å². The Balaban J connectivity index is 1.53. The van der Waals surface area contributed by atoms with Gasteiger partial charge in [-0.2, -0.15) is 0 Å². The highest BCUT2D eigenvalue weighted by Gasteiger charge is 2.34. The zero-order valence-electron chi connectivity index (χ0n) is 13.3. The first-order valence-corrected chi connectivity index (χ1v) is 9.62. The van der Waals surface area contributed by atoms with Gasteiger partial charge in [0.25, 0.3) is 5.91 Å². The number of carboxylic acid groups (broad SMARTS) is 1. The Morgan fingerprint density at radius 1 is 1.36 bits per heavy atom. The molecular weight excluding hydrogens is 362 g/mol. The van der Waals surface area contributed by atoms with E-state index in [4.69, 9.17) is 5.11 Å². The minimum absolute atomic E-state index is 0.0230. The first-order valence-electron chi connectivity index (χ1n) is 7.86. The monoisotopic (exact) mass is 379 g/mol. The average molecular weight is 379 g/mol. The van der Waals surface area contributed by atoms with Crippen molar-refractivity contribution in [2.45, 2.75) is 25.3 Å². The fraction of sp³-hybridized carbons (Fsp3) is 0.375. The number of hydrogen-bond acceptors (Lipinski definition) is 6. The Bertz CT molecular complexity index is 772. The van der Waals surface area contributed by atoms with Crippen LogP contribution in [0.2, 0.25) is 0 Å². The molecule has 1 atom stereocenters. The third-order valence-corrected chi connectivity index (χ3v) is 5.72. The summed E-state index contributed by atoms with van der Waals surface area (Å²) in [4.78, 5) is 42.0. The largest absolute Gasteiger partial charge is 0.476 e. The number of carbonyl (C=O) groups excluding carboxylic acids is 2. The van der Waals surface area contributed by atoms with Crippen molar-refractivity contribution in [2.24, 2.45) is 0 Å². The quantitative estimate of drug-likeness (QED) is 0.798. The number of thiazole rings is 1. The van der Waals surface area contributed by atoms with Crippen LogP contribution in [-0.4, -0.2) is 51.9 Å². The number of nitrogens with zero attached hydrogens (tertiary/aromatic N) is 2. The van der Waals surface area contributed by atoms with Crippen LogP contribution in [0, 0.1) is 0 Å². The number of amides is 2. The van der Waals surface area contributed by atoms with Gasteiger partial charge in [0.15, 0.2) is 5.69 Å². The van der Waals surface area contributed by atoms with Gasteiger partial charge in [-0.1, -0.05) is 6.07 Å². The lowest BCUT2D eigenvalue weighted by Gasteiger charge is -2.23. The van der Waals surface area contributed by atoms with E-state index in [2.05, 4.69) is 10.3 Å². The van der Waals surface area contributed by atoms with E-state index >= 15 is 0 Å². The van der Waals surface area contributed by atoms with E-state index in [0.29, 0.717) is 35.8 Å². The molecule has 2 aromatic rings. The van der Waals surface area contributed by atoms with Crippen molar-refractivity contribution in [3.05, 3.63) is 38.5 Å². The third-order valence-electron chi connectivity index (χ3n) is 3.96. The molecule has 1 aliphatic rings. The lowest BCUT2D eigenvalue weighted by molar-refractivity contribution is -0.124. The van der Waals surface area contributed by atoms with Crippen LogP contribution >= 0.6 is 22.7 Å². The van der Waals surface area contributed by atoms with Gasteiger partial charge in [0.05, 0.1) is 9.88 Å². The summed E-state index contributed by atoms with van der Waals surface area (Å²) in [6.07, 6.45) is 1.93. The van der Waals surface area contributed by atoms with Crippen LogP contribution < -0.4 is 5.32 Å². The van der Waals surface area contributed by atoms with Crippen LogP contribution in [0.4, 0.5) is 0 Å². The van der Waals surface area contributed by atoms with E-state index in [1.807, 2.05) is 11.4 Å². The topological polar surface area (TPSA) is 99.6 Å². The molecule has 0 saturated carbocycles. The van der Waals surface area contributed by atoms with E-state index in [1.54, 1.807) is 11.0 Å². The zero-order chi connectivity index (χ0) is 17.8. The molecule has 1 aliphatic heterocycles. The summed E-state index contributed by atoms with van der Waals surface area (Å²) in [5.74, 6) is -1.32. The highest BCUT2D eigenvalue weighted by molar-refractivity contribution is 7.12. The number of thiophene rings is 1. The number of aromatic carboxylic acids is 1. The van der Waals surface area contributed by atoms with Gasteiger partial charge in [-0.3, -0.25) is 9.59 Å². The van der Waals surface area contributed by atoms with Gasteiger partial charge < -0.3 is 15.3 Å². The number of nitrogens with one attached hydrogen (secondary N) is 1. The molecule has 2 N–H and O–H groups in total. The summed E-state index contributed by atoms with van der Waals surface area (Å²) in [5, 5.41) is 15.7. The molecule has 2 aromatic heterocycles. The Kier molecular flexibility index (Phi) is 5.44. The minimum Gasteiger partial charge on any atom is -0.476 e. The second kappa shape index (κ2) is 7.75. The number of hydrogen-bond donors (Lipinski definition) is 2. The van der Waals surface area contributed by atoms with Crippen LogP contribution in [0.15, 0.2) is 22.9 Å². The minimum atomic E-state index is -1.06. The standard InChI is InChI=1S/C16H17N3O4S2/c20-14(17-6-5-13-18-10(9-25-13)16(22)23)11-3-1-7-19(11)15(21)12-4-2-8-24-12/h2,4,8-9,11H,1,3,5-7H2,(H,17,20)(H,22,23). The predicted molar refractivity (Wildman–Crippen MR) is 94.2 cm³/mol. The van der Waals surface area contributed by atoms with Crippen molar-refractivity contribution in [3.8, 4) is 0 Å². The molecule has 3 rings (SSSR count). The van der Waals surface area contributed by atoms with Gasteiger partial charge in [-0.05, 0) is 24.3 Å². The first kappa shape index (κ1) is 17.6. The maximum absolute atomic E-state index is 12.5. The number of carboxylic acids is 1. The van der Waals surface area contributed by atoms with Crippen molar-refractivity contribution in [2.75, 3.05) is 13.1 Å². The second-order valence-electron chi connectivity index (χ2n) is 5.61. The van der Waals surface area contributed by atoms with E-state index in [0.717, 1.165) is 6.42 Å². The van der Waals surface area contributed by atoms with Crippen molar-refractivity contribution >= 4 is 40.5 Å². The van der Waals surface area contributed by atoms with Crippen molar-refractivity contribution < 1.29 is 19.5 Å². The van der Waals surface area contributed by atoms with Crippen molar-refractivity contribution in [1.82, 2.24) is 15.2 Å². The van der Waals surface area contributed by atoms with Crippen molar-refractivity contribution in [1.29, 1.82) is 0 Å². The smallest absolute Gasteiger partial charge is 0.355 e. The average Bonchev–Trinajstić information content (AvgIpc) is 3.33. The first-order chi connectivity index (χ1) is 12.1. The SMILES string of the molecule is O=C(O)c1csc(CCNC(=O)C2CCCN2C(=O)c2cccs2)n1. The van der Waals surface area contributed by atoms with Crippen LogP contribution in [-0.2, 0) is 11.2 Å². The van der Waals surface area contributed by atoms with E-state index < -0.39 is 12.0 Å². The van der Waals surface area contributed by atoms with Crippen LogP contribution in [0.5, 0.6) is 0 Å². The van der Waals surface area contributed by atoms with Crippen molar-refractivity contribution in [3.63, 3.8) is 0 Å². The molecule has 1 fully saturated rings. The summed E-state index contributed by atoms with van der Waals surface area (Å²) < 4.78 is 0. The van der Waals surface area contributed by atoms with Crippen LogP contribution in [0.1, 0.15) is 38.0 Å². The number of aromatic nitrogens is 1. The highest BCUT2D eigenvalue weighted by atomic mass is 32.1. The molecule has 0 spiro atoms. The highest BCUT2D eigenvalue weighted by Crippen LogP contribution is 2.22. The number of rotatable bonds is 6. The molecular formula is C16H17N3O4S2.